The molecule has 0 saturated heterocycles. The summed E-state index contributed by atoms with van der Waals surface area (Å²) in [6, 6.07) is 8.10. The molecule has 1 N–H and O–H groups in total. The standard InChI is InChI=1S/C12H17NOS/c1-3-13(8-12(14)9-15)11-6-4-5-10(2)7-11/h3-7,12,14-15H,1,8-9H2,2H3. The van der Waals surface area contributed by atoms with Crippen molar-refractivity contribution in [1.82, 2.24) is 0 Å². The van der Waals surface area contributed by atoms with Crippen molar-refractivity contribution in [1.29, 1.82) is 0 Å². The summed E-state index contributed by atoms with van der Waals surface area (Å²) in [5, 5.41) is 9.52. The topological polar surface area (TPSA) is 23.5 Å². The van der Waals surface area contributed by atoms with Crippen molar-refractivity contribution in [2.24, 2.45) is 0 Å². The predicted octanol–water partition coefficient (Wildman–Crippen LogP) is 2.24. The van der Waals surface area contributed by atoms with Crippen LogP contribution in [0.3, 0.4) is 0 Å². The first-order valence-corrected chi connectivity index (χ1v) is 5.55. The van der Waals surface area contributed by atoms with E-state index < -0.39 is 6.10 Å². The number of anilines is 1. The number of hydrogen-bond acceptors (Lipinski definition) is 3. The van der Waals surface area contributed by atoms with Crippen LogP contribution in [0.2, 0.25) is 0 Å². The summed E-state index contributed by atoms with van der Waals surface area (Å²) in [6.45, 7) is 6.31. The normalized spacial score (nSPS) is 12.2. The highest BCUT2D eigenvalue weighted by molar-refractivity contribution is 7.80. The zero-order chi connectivity index (χ0) is 11.3. The number of nitrogens with zero attached hydrogens (tertiary/aromatic N) is 1. The molecule has 0 radical (unpaired) electrons. The fourth-order valence-corrected chi connectivity index (χ4v) is 1.49. The third-order valence-corrected chi connectivity index (χ3v) is 2.59. The molecular formula is C12H17NOS. The molecule has 1 aromatic rings. The van der Waals surface area contributed by atoms with Gasteiger partial charge in [-0.25, -0.2) is 0 Å². The molecule has 0 aliphatic rings. The van der Waals surface area contributed by atoms with Crippen LogP contribution in [0.25, 0.3) is 0 Å². The maximum Gasteiger partial charge on any atom is 0.0806 e. The zero-order valence-corrected chi connectivity index (χ0v) is 9.82. The second-order valence-electron chi connectivity index (χ2n) is 3.51. The molecule has 0 aliphatic carbocycles. The molecule has 0 spiro atoms. The molecule has 0 aliphatic heterocycles. The molecule has 0 amide bonds. The summed E-state index contributed by atoms with van der Waals surface area (Å²) in [4.78, 5) is 1.92. The lowest BCUT2D eigenvalue weighted by Gasteiger charge is -2.22. The third-order valence-electron chi connectivity index (χ3n) is 2.17. The Morgan fingerprint density at radius 3 is 2.87 bits per heavy atom. The molecule has 1 rings (SSSR count). The predicted molar refractivity (Wildman–Crippen MR) is 68.6 cm³/mol. The summed E-state index contributed by atoms with van der Waals surface area (Å²) in [5.74, 6) is 0.455. The van der Waals surface area contributed by atoms with E-state index >= 15 is 0 Å². The molecule has 0 aromatic heterocycles. The highest BCUT2D eigenvalue weighted by atomic mass is 32.1. The van der Waals surface area contributed by atoms with E-state index in [-0.39, 0.29) is 0 Å². The van der Waals surface area contributed by atoms with Gasteiger partial charge in [0.2, 0.25) is 0 Å². The Hall–Kier alpha value is -0.930. The van der Waals surface area contributed by atoms with Gasteiger partial charge in [-0.1, -0.05) is 18.7 Å². The zero-order valence-electron chi connectivity index (χ0n) is 8.93. The Balaban J connectivity index is 2.78. The number of rotatable bonds is 5. The summed E-state index contributed by atoms with van der Waals surface area (Å²) in [6.07, 6.45) is 1.29. The van der Waals surface area contributed by atoms with Gasteiger partial charge in [0.05, 0.1) is 6.10 Å². The molecule has 15 heavy (non-hydrogen) atoms. The molecule has 82 valence electrons. The van der Waals surface area contributed by atoms with Gasteiger partial charge >= 0.3 is 0 Å². The van der Waals surface area contributed by atoms with Crippen LogP contribution in [-0.4, -0.2) is 23.5 Å². The van der Waals surface area contributed by atoms with Crippen molar-refractivity contribution < 1.29 is 5.11 Å². The van der Waals surface area contributed by atoms with Gasteiger partial charge in [0.15, 0.2) is 0 Å². The minimum atomic E-state index is -0.438. The molecule has 3 heteroatoms. The lowest BCUT2D eigenvalue weighted by molar-refractivity contribution is 0.208. The van der Waals surface area contributed by atoms with Gasteiger partial charge in [-0.2, -0.15) is 12.6 Å². The van der Waals surface area contributed by atoms with E-state index in [1.807, 2.05) is 30.0 Å². The van der Waals surface area contributed by atoms with Crippen molar-refractivity contribution in [3.8, 4) is 0 Å². The van der Waals surface area contributed by atoms with Crippen molar-refractivity contribution in [2.45, 2.75) is 13.0 Å². The van der Waals surface area contributed by atoms with E-state index in [9.17, 15) is 5.11 Å². The van der Waals surface area contributed by atoms with E-state index in [1.54, 1.807) is 6.20 Å². The van der Waals surface area contributed by atoms with Crippen LogP contribution < -0.4 is 4.90 Å². The molecular weight excluding hydrogens is 206 g/mol. The quantitative estimate of drug-likeness (QED) is 0.748. The van der Waals surface area contributed by atoms with Crippen molar-refractivity contribution in [3.63, 3.8) is 0 Å². The Morgan fingerprint density at radius 1 is 1.60 bits per heavy atom. The van der Waals surface area contributed by atoms with Crippen LogP contribution >= 0.6 is 12.6 Å². The fraction of sp³-hybridized carbons (Fsp3) is 0.333. The average Bonchev–Trinajstić information content (AvgIpc) is 2.25. The van der Waals surface area contributed by atoms with Crippen molar-refractivity contribution in [3.05, 3.63) is 42.6 Å². The van der Waals surface area contributed by atoms with Crippen LogP contribution in [0.1, 0.15) is 5.56 Å². The molecule has 2 nitrogen and oxygen atoms in total. The Bertz CT molecular complexity index is 327. The first-order chi connectivity index (χ1) is 7.17. The lowest BCUT2D eigenvalue weighted by atomic mass is 10.2. The molecule has 1 atom stereocenters. The summed E-state index contributed by atoms with van der Waals surface area (Å²) in [5.41, 5.74) is 2.24. The highest BCUT2D eigenvalue weighted by Crippen LogP contribution is 2.16. The second kappa shape index (κ2) is 5.83. The van der Waals surface area contributed by atoms with Crippen LogP contribution in [0.15, 0.2) is 37.0 Å². The number of aliphatic hydroxyl groups excluding tert-OH is 1. The van der Waals surface area contributed by atoms with E-state index in [1.165, 1.54) is 5.56 Å². The number of aryl methyl sites for hydroxylation is 1. The largest absolute Gasteiger partial charge is 0.390 e. The van der Waals surface area contributed by atoms with E-state index in [0.29, 0.717) is 12.3 Å². The number of benzene rings is 1. The highest BCUT2D eigenvalue weighted by Gasteiger charge is 2.08. The first kappa shape index (κ1) is 12.1. The SMILES string of the molecule is C=CN(CC(O)CS)c1cccc(C)c1. The van der Waals surface area contributed by atoms with E-state index in [2.05, 4.69) is 25.3 Å². The van der Waals surface area contributed by atoms with Gasteiger partial charge in [0, 0.05) is 18.0 Å². The van der Waals surface area contributed by atoms with Gasteiger partial charge in [-0.15, -0.1) is 0 Å². The summed E-state index contributed by atoms with van der Waals surface area (Å²) in [7, 11) is 0. The first-order valence-electron chi connectivity index (χ1n) is 4.92. The minimum absolute atomic E-state index is 0.438. The van der Waals surface area contributed by atoms with E-state index in [0.717, 1.165) is 5.69 Å². The van der Waals surface area contributed by atoms with Gasteiger partial charge in [-0.3, -0.25) is 0 Å². The molecule has 0 saturated carbocycles. The summed E-state index contributed by atoms with van der Waals surface area (Å²) < 4.78 is 0. The number of thiol groups is 1. The van der Waals surface area contributed by atoms with Crippen LogP contribution in [-0.2, 0) is 0 Å². The Labute approximate surface area is 96.6 Å². The van der Waals surface area contributed by atoms with Gasteiger partial charge in [-0.05, 0) is 30.8 Å². The number of aliphatic hydroxyl groups is 1. The van der Waals surface area contributed by atoms with Gasteiger partial charge < -0.3 is 10.0 Å². The Morgan fingerprint density at radius 2 is 2.33 bits per heavy atom. The third kappa shape index (κ3) is 3.61. The van der Waals surface area contributed by atoms with Crippen LogP contribution in [0, 0.1) is 6.92 Å². The van der Waals surface area contributed by atoms with E-state index in [4.69, 9.17) is 0 Å². The fourth-order valence-electron chi connectivity index (χ4n) is 1.38. The average molecular weight is 223 g/mol. The molecule has 0 heterocycles. The smallest absolute Gasteiger partial charge is 0.0806 e. The van der Waals surface area contributed by atoms with Gasteiger partial charge in [0.25, 0.3) is 0 Å². The molecule has 1 unspecified atom stereocenters. The van der Waals surface area contributed by atoms with Crippen molar-refractivity contribution in [2.75, 3.05) is 17.2 Å². The number of hydrogen-bond donors (Lipinski definition) is 2. The lowest BCUT2D eigenvalue weighted by Crippen LogP contribution is -2.29. The van der Waals surface area contributed by atoms with Gasteiger partial charge in [0.1, 0.15) is 0 Å². The molecule has 1 aromatic carbocycles. The second-order valence-corrected chi connectivity index (χ2v) is 3.88. The maximum atomic E-state index is 9.52. The monoisotopic (exact) mass is 223 g/mol. The molecule has 0 bridgehead atoms. The molecule has 0 fully saturated rings. The van der Waals surface area contributed by atoms with Crippen molar-refractivity contribution >= 4 is 18.3 Å². The van der Waals surface area contributed by atoms with Crippen LogP contribution in [0.5, 0.6) is 0 Å². The minimum Gasteiger partial charge on any atom is -0.390 e. The summed E-state index contributed by atoms with van der Waals surface area (Å²) >= 11 is 4.05. The van der Waals surface area contributed by atoms with Crippen LogP contribution in [0.4, 0.5) is 5.69 Å². The Kier molecular flexibility index (Phi) is 4.72. The maximum absolute atomic E-state index is 9.52.